The van der Waals surface area contributed by atoms with Crippen LogP contribution in [0.3, 0.4) is 0 Å². The number of carboxylic acid groups (broad SMARTS) is 1. The molecule has 0 bridgehead atoms. The van der Waals surface area contributed by atoms with Gasteiger partial charge in [0.05, 0.1) is 25.4 Å². The van der Waals surface area contributed by atoms with Crippen molar-refractivity contribution >= 4 is 25.6 Å². The second-order valence-corrected chi connectivity index (χ2v) is 27.6. The second-order valence-electron chi connectivity index (χ2n) is 26.4. The Balaban J connectivity index is 2.37. The third-order valence-electron chi connectivity index (χ3n) is 18.1. The summed E-state index contributed by atoms with van der Waals surface area (Å²) in [5.41, 5.74) is 0. The lowest BCUT2D eigenvalue weighted by Crippen LogP contribution is -2.68. The summed E-state index contributed by atoms with van der Waals surface area (Å²) in [5, 5.41) is 48.8. The van der Waals surface area contributed by atoms with Gasteiger partial charge in [0.25, 0.3) is 0 Å². The zero-order valence-electron chi connectivity index (χ0n) is 58.1. The molecule has 91 heavy (non-hydrogen) atoms. The number of phosphoric acid groups is 1. The van der Waals surface area contributed by atoms with Gasteiger partial charge in [0.1, 0.15) is 48.7 Å². The van der Waals surface area contributed by atoms with E-state index in [0.29, 0.717) is 30.9 Å². The van der Waals surface area contributed by atoms with E-state index >= 15 is 0 Å². The standard InChI is InChI=1S/C70H135N2O18P/c1-7-11-15-19-23-27-29-32-36-40-44-48-61(75)72(79)63-67(86-52-49-57(74)46-42-38-34-30-25-21-17-13-9-3)64(76)59(88-68(63)69(77)78)55-87-70-62(71-56(5)73)66(65(90-91(80,81)82)60(89-70)54-83-6)85-53-50-58(47-43-39-35-31-26-22-18-14-10-4)84-51-45-41-37-33-28-24-20-16-12-8-2/h57-60,62-68,70,74,76,79H,7-55H2,1-6H3,(H,71,73)(H,77,78)(H2,80,81,82)/t57-,58-,59-,60-,62-,63-,64-,65-,66-,67-,68+,70-/m1/s1. The maximum Gasteiger partial charge on any atom is 0.470 e. The van der Waals surface area contributed by atoms with Gasteiger partial charge < -0.3 is 63.6 Å². The molecule has 0 aromatic heterocycles. The molecule has 7 N–H and O–H groups in total. The highest BCUT2D eigenvalue weighted by molar-refractivity contribution is 7.46. The van der Waals surface area contributed by atoms with Gasteiger partial charge in [-0.2, -0.15) is 0 Å². The van der Waals surface area contributed by atoms with Crippen LogP contribution in [-0.2, 0) is 56.6 Å². The van der Waals surface area contributed by atoms with Gasteiger partial charge in [0.15, 0.2) is 12.4 Å². The molecule has 2 amide bonds. The third kappa shape index (κ3) is 40.4. The molecule has 0 radical (unpaired) electrons. The van der Waals surface area contributed by atoms with Crippen molar-refractivity contribution in [2.75, 3.05) is 40.1 Å². The fraction of sp³-hybridized carbons (Fsp3) is 0.957. The number of aliphatic hydroxyl groups excluding tert-OH is 2. The van der Waals surface area contributed by atoms with Gasteiger partial charge in [-0.25, -0.2) is 14.4 Å². The van der Waals surface area contributed by atoms with Gasteiger partial charge in [-0.1, -0.05) is 265 Å². The van der Waals surface area contributed by atoms with Crippen LogP contribution in [-0.4, -0.2) is 167 Å². The van der Waals surface area contributed by atoms with Crippen molar-refractivity contribution in [2.45, 2.75) is 390 Å². The Labute approximate surface area is 551 Å². The van der Waals surface area contributed by atoms with Gasteiger partial charge in [0, 0.05) is 40.3 Å². The number of methoxy groups -OCH3 is 1. The number of carboxylic acids is 1. The first kappa shape index (κ1) is 85.2. The maximum absolute atomic E-state index is 13.8. The van der Waals surface area contributed by atoms with Gasteiger partial charge in [0.2, 0.25) is 11.8 Å². The number of amides is 2. The Morgan fingerprint density at radius 1 is 0.527 bits per heavy atom. The Morgan fingerprint density at radius 3 is 1.43 bits per heavy atom. The second kappa shape index (κ2) is 55.2. The number of aliphatic carboxylic acids is 1. The molecule has 2 fully saturated rings. The van der Waals surface area contributed by atoms with Crippen LogP contribution in [0.15, 0.2) is 0 Å². The lowest BCUT2D eigenvalue weighted by molar-refractivity contribution is -0.299. The molecule has 538 valence electrons. The molecule has 20 nitrogen and oxygen atoms in total. The Hall–Kier alpha value is -1.88. The van der Waals surface area contributed by atoms with E-state index in [2.05, 4.69) is 33.0 Å². The van der Waals surface area contributed by atoms with Crippen molar-refractivity contribution in [3.63, 3.8) is 0 Å². The topological polar surface area (TPSA) is 279 Å². The normalized spacial score (nSPS) is 22.7. The minimum absolute atomic E-state index is 0.0307. The summed E-state index contributed by atoms with van der Waals surface area (Å²) in [6, 6.07) is -3.02. The zero-order chi connectivity index (χ0) is 66.7. The molecule has 2 heterocycles. The van der Waals surface area contributed by atoms with Crippen LogP contribution in [0.2, 0.25) is 0 Å². The highest BCUT2D eigenvalue weighted by Crippen LogP contribution is 2.43. The van der Waals surface area contributed by atoms with E-state index in [1.54, 1.807) is 0 Å². The summed E-state index contributed by atoms with van der Waals surface area (Å²) >= 11 is 0. The number of phosphoric ester groups is 1. The molecule has 2 aliphatic rings. The fourth-order valence-electron chi connectivity index (χ4n) is 12.7. The Morgan fingerprint density at radius 2 is 0.967 bits per heavy atom. The summed E-state index contributed by atoms with van der Waals surface area (Å²) in [7, 11) is -3.89. The minimum Gasteiger partial charge on any atom is -0.479 e. The van der Waals surface area contributed by atoms with Crippen molar-refractivity contribution in [3.8, 4) is 0 Å². The van der Waals surface area contributed by atoms with Crippen LogP contribution in [0.1, 0.15) is 317 Å². The molecule has 0 aliphatic carbocycles. The average molecular weight is 1320 g/mol. The van der Waals surface area contributed by atoms with E-state index in [-0.39, 0.29) is 38.8 Å². The molecule has 0 saturated carbocycles. The van der Waals surface area contributed by atoms with E-state index in [1.165, 1.54) is 162 Å². The number of rotatable bonds is 62. The van der Waals surface area contributed by atoms with Crippen molar-refractivity contribution < 1.29 is 86.9 Å². The van der Waals surface area contributed by atoms with Crippen LogP contribution in [0, 0.1) is 0 Å². The monoisotopic (exact) mass is 1320 g/mol. The lowest BCUT2D eigenvalue weighted by atomic mass is 9.91. The summed E-state index contributed by atoms with van der Waals surface area (Å²) in [6.45, 7) is 9.68. The molecule has 12 atom stereocenters. The molecule has 21 heteroatoms. The first-order chi connectivity index (χ1) is 44.0. The number of nitrogens with one attached hydrogen (secondary N) is 1. The van der Waals surface area contributed by atoms with Gasteiger partial charge in [-0.05, 0) is 38.5 Å². The van der Waals surface area contributed by atoms with Gasteiger partial charge in [-0.3, -0.25) is 19.3 Å². The fourth-order valence-corrected chi connectivity index (χ4v) is 13.3. The first-order valence-corrected chi connectivity index (χ1v) is 38.4. The number of nitrogens with zero attached hydrogens (tertiary/aromatic N) is 1. The van der Waals surface area contributed by atoms with E-state index in [1.807, 2.05) is 0 Å². The molecule has 0 spiro atoms. The number of ether oxygens (including phenoxy) is 7. The number of aliphatic hydroxyl groups is 2. The summed E-state index contributed by atoms with van der Waals surface area (Å²) in [4.78, 5) is 60.7. The highest BCUT2D eigenvalue weighted by atomic mass is 31.2. The van der Waals surface area contributed by atoms with Crippen LogP contribution >= 0.6 is 7.82 Å². The molecule has 0 aromatic carbocycles. The van der Waals surface area contributed by atoms with Crippen molar-refractivity contribution in [3.05, 3.63) is 0 Å². The van der Waals surface area contributed by atoms with Crippen LogP contribution < -0.4 is 5.32 Å². The SMILES string of the molecule is CCCCCCCCCCCCCC(=O)N(O)[C@@H]1[C@@H](OCC[C@H](O)CCCCCCCCCCC)[C@H](O)[C@@H](CO[C@@H]2O[C@H](COC)[C@@H](OP(=O)(O)O)[C@H](OCC[C@@H](CCCCCCCCCCC)OCCCCCCCCCCCC)[C@H]2NC(C)=O)O[C@@H]1C(=O)O. The Bertz CT molecular complexity index is 1800. The number of carbonyl (C=O) groups excluding carboxylic acids is 2. The molecule has 0 aromatic rings. The smallest absolute Gasteiger partial charge is 0.470 e. The molecular formula is C70H135N2O18P. The van der Waals surface area contributed by atoms with Crippen molar-refractivity contribution in [2.24, 2.45) is 0 Å². The average Bonchev–Trinajstić information content (AvgIpc) is 0.834. The first-order valence-electron chi connectivity index (χ1n) is 36.9. The molecule has 2 saturated heterocycles. The molecule has 2 aliphatic heterocycles. The van der Waals surface area contributed by atoms with E-state index in [9.17, 15) is 49.3 Å². The number of hydrogen-bond donors (Lipinski definition) is 7. The number of carbonyl (C=O) groups is 3. The van der Waals surface area contributed by atoms with Gasteiger partial charge in [-0.15, -0.1) is 0 Å². The quantitative estimate of drug-likeness (QED) is 0.0129. The lowest BCUT2D eigenvalue weighted by Gasteiger charge is -2.47. The predicted octanol–water partition coefficient (Wildman–Crippen LogP) is 14.9. The van der Waals surface area contributed by atoms with Crippen LogP contribution in [0.4, 0.5) is 0 Å². The predicted molar refractivity (Wildman–Crippen MR) is 357 cm³/mol. The number of unbranched alkanes of at least 4 members (excludes halogenated alkanes) is 35. The largest absolute Gasteiger partial charge is 0.479 e. The molecular weight excluding hydrogens is 1190 g/mol. The van der Waals surface area contributed by atoms with E-state index in [0.717, 1.165) is 103 Å². The minimum atomic E-state index is -5.25. The summed E-state index contributed by atoms with van der Waals surface area (Å²) in [6.07, 6.45) is 32.6. The van der Waals surface area contributed by atoms with Crippen LogP contribution in [0.5, 0.6) is 0 Å². The molecule has 2 rings (SSSR count). The van der Waals surface area contributed by atoms with Crippen LogP contribution in [0.25, 0.3) is 0 Å². The highest BCUT2D eigenvalue weighted by Gasteiger charge is 2.55. The summed E-state index contributed by atoms with van der Waals surface area (Å²) in [5.74, 6) is -2.89. The molecule has 0 unspecified atom stereocenters. The van der Waals surface area contributed by atoms with E-state index < -0.39 is 99.4 Å². The zero-order valence-corrected chi connectivity index (χ0v) is 58.9. The third-order valence-corrected chi connectivity index (χ3v) is 18.6. The summed E-state index contributed by atoms with van der Waals surface area (Å²) < 4.78 is 61.8. The Kier molecular flexibility index (Phi) is 51.6. The maximum atomic E-state index is 13.8. The van der Waals surface area contributed by atoms with E-state index in [4.69, 9.17) is 37.7 Å². The van der Waals surface area contributed by atoms with Gasteiger partial charge >= 0.3 is 13.8 Å². The number of hydroxylamine groups is 2. The van der Waals surface area contributed by atoms with Crippen molar-refractivity contribution in [1.29, 1.82) is 0 Å². The number of hydrogen-bond acceptors (Lipinski definition) is 15. The van der Waals surface area contributed by atoms with Crippen molar-refractivity contribution in [1.82, 2.24) is 10.4 Å².